The fourth-order valence-electron chi connectivity index (χ4n) is 2.31. The van der Waals surface area contributed by atoms with E-state index in [1.54, 1.807) is 0 Å². The lowest BCUT2D eigenvalue weighted by molar-refractivity contribution is -0.192. The second-order valence-corrected chi connectivity index (χ2v) is 5.74. The highest BCUT2D eigenvalue weighted by Gasteiger charge is 2.38. The van der Waals surface area contributed by atoms with Crippen molar-refractivity contribution >= 4 is 22.8 Å². The minimum atomic E-state index is -5.08. The average molecular weight is 388 g/mol. The molecule has 148 valence electrons. The van der Waals surface area contributed by atoms with Crippen LogP contribution < -0.4 is 11.3 Å². The zero-order valence-electron chi connectivity index (χ0n) is 14.8. The van der Waals surface area contributed by atoms with Crippen LogP contribution in [0.3, 0.4) is 0 Å². The molecule has 7 nitrogen and oxygen atoms in total. The van der Waals surface area contributed by atoms with Crippen molar-refractivity contribution in [2.75, 3.05) is 7.11 Å². The van der Waals surface area contributed by atoms with Crippen molar-refractivity contribution in [2.45, 2.75) is 32.5 Å². The Morgan fingerprint density at radius 1 is 1.30 bits per heavy atom. The van der Waals surface area contributed by atoms with Crippen LogP contribution in [0.5, 0.6) is 0 Å². The van der Waals surface area contributed by atoms with Crippen molar-refractivity contribution in [3.63, 3.8) is 0 Å². The van der Waals surface area contributed by atoms with Crippen molar-refractivity contribution in [1.29, 1.82) is 0 Å². The molecule has 0 unspecified atom stereocenters. The molecule has 0 saturated heterocycles. The number of aryl methyl sites for hydroxylation is 2. The van der Waals surface area contributed by atoms with Crippen LogP contribution in [0.1, 0.15) is 16.7 Å². The normalized spacial score (nSPS) is 12.1. The number of alkyl halides is 3. The van der Waals surface area contributed by atoms with Crippen molar-refractivity contribution in [3.05, 3.63) is 45.2 Å². The molecule has 0 fully saturated rings. The van der Waals surface area contributed by atoms with Crippen LogP contribution in [-0.2, 0) is 20.7 Å². The number of aromatic amines is 1. The fraction of sp³-hybridized carbons (Fsp3) is 0.353. The second kappa shape index (κ2) is 8.67. The highest BCUT2D eigenvalue weighted by Crippen LogP contribution is 2.19. The molecule has 0 bridgehead atoms. The summed E-state index contributed by atoms with van der Waals surface area (Å²) in [4.78, 5) is 35.2. The molecule has 1 aromatic carbocycles. The molecular weight excluding hydrogens is 369 g/mol. The van der Waals surface area contributed by atoms with Gasteiger partial charge in [0, 0.05) is 22.9 Å². The Labute approximate surface area is 151 Å². The number of esters is 1. The van der Waals surface area contributed by atoms with Gasteiger partial charge >= 0.3 is 18.1 Å². The first-order chi connectivity index (χ1) is 12.4. The number of aliphatic carboxylic acids is 1. The largest absolute Gasteiger partial charge is 0.490 e. The summed E-state index contributed by atoms with van der Waals surface area (Å²) in [7, 11) is 1.28. The standard InChI is InChI=1S/C15H18N2O3.C2HF3O2/c1-8-4-5-13-10(6-8)9(2)11(14(18)17-13)7-12(16)15(19)20-3;3-2(4,5)1(6)7/h4-6,12H,7,16H2,1-3H3,(H,17,18);(H,6,7)/t12-;/m0./s1. The number of carboxylic acids is 1. The summed E-state index contributed by atoms with van der Waals surface area (Å²) in [5.41, 5.74) is 8.81. The number of carbonyl (C=O) groups excluding carboxylic acids is 1. The van der Waals surface area contributed by atoms with Gasteiger partial charge in [-0.1, -0.05) is 11.6 Å². The molecule has 0 radical (unpaired) electrons. The summed E-state index contributed by atoms with van der Waals surface area (Å²) in [6.45, 7) is 3.86. The van der Waals surface area contributed by atoms with E-state index in [9.17, 15) is 22.8 Å². The molecule has 0 spiro atoms. The molecular formula is C17H19F3N2O5. The first-order valence-corrected chi connectivity index (χ1v) is 7.64. The summed E-state index contributed by atoms with van der Waals surface area (Å²) in [5, 5.41) is 8.09. The third-order valence-electron chi connectivity index (χ3n) is 3.72. The maximum Gasteiger partial charge on any atom is 0.490 e. The summed E-state index contributed by atoms with van der Waals surface area (Å²) in [6.07, 6.45) is -4.92. The molecule has 0 aliphatic rings. The SMILES string of the molecule is COC(=O)[C@@H](N)Cc1c(C)c2cc(C)ccc2[nH]c1=O.O=C(O)C(F)(F)F. The predicted molar refractivity (Wildman–Crippen MR) is 91.4 cm³/mol. The number of nitrogens with two attached hydrogens (primary N) is 1. The highest BCUT2D eigenvalue weighted by molar-refractivity contribution is 5.84. The van der Waals surface area contributed by atoms with Gasteiger partial charge in [0.15, 0.2) is 0 Å². The van der Waals surface area contributed by atoms with E-state index >= 15 is 0 Å². The molecule has 27 heavy (non-hydrogen) atoms. The number of pyridine rings is 1. The Hall–Kier alpha value is -2.88. The molecule has 1 aromatic heterocycles. The zero-order valence-corrected chi connectivity index (χ0v) is 14.8. The first kappa shape index (κ1) is 22.2. The van der Waals surface area contributed by atoms with Gasteiger partial charge in [0.2, 0.25) is 0 Å². The van der Waals surface area contributed by atoms with Crippen molar-refractivity contribution in [3.8, 4) is 0 Å². The molecule has 1 atom stereocenters. The van der Waals surface area contributed by atoms with Gasteiger partial charge in [-0.05, 0) is 31.5 Å². The van der Waals surface area contributed by atoms with Gasteiger partial charge in [-0.2, -0.15) is 13.2 Å². The van der Waals surface area contributed by atoms with Gasteiger partial charge in [-0.15, -0.1) is 0 Å². The van der Waals surface area contributed by atoms with Crippen molar-refractivity contribution < 1.29 is 32.6 Å². The number of nitrogens with one attached hydrogen (secondary N) is 1. The van der Waals surface area contributed by atoms with E-state index in [2.05, 4.69) is 9.72 Å². The van der Waals surface area contributed by atoms with Gasteiger partial charge in [0.25, 0.3) is 5.56 Å². The van der Waals surface area contributed by atoms with E-state index in [4.69, 9.17) is 15.6 Å². The van der Waals surface area contributed by atoms with Crippen molar-refractivity contribution in [1.82, 2.24) is 4.98 Å². The molecule has 0 amide bonds. The number of carboxylic acid groups (broad SMARTS) is 1. The molecule has 10 heteroatoms. The van der Waals surface area contributed by atoms with E-state index in [1.165, 1.54) is 7.11 Å². The first-order valence-electron chi connectivity index (χ1n) is 7.64. The van der Waals surface area contributed by atoms with E-state index < -0.39 is 24.2 Å². The topological polar surface area (TPSA) is 122 Å². The molecule has 4 N–H and O–H groups in total. The molecule has 2 rings (SSSR count). The van der Waals surface area contributed by atoms with Crippen LogP contribution >= 0.6 is 0 Å². The Kier molecular flexibility index (Phi) is 7.12. The zero-order chi connectivity index (χ0) is 20.9. The lowest BCUT2D eigenvalue weighted by atomic mass is 9.98. The van der Waals surface area contributed by atoms with Crippen LogP contribution in [0.2, 0.25) is 0 Å². The Morgan fingerprint density at radius 2 is 1.85 bits per heavy atom. The average Bonchev–Trinajstić information content (AvgIpc) is 2.58. The minimum absolute atomic E-state index is 0.164. The monoisotopic (exact) mass is 388 g/mol. The molecule has 0 aliphatic heterocycles. The highest BCUT2D eigenvalue weighted by atomic mass is 19.4. The lowest BCUT2D eigenvalue weighted by Gasteiger charge is -2.12. The molecule has 1 heterocycles. The van der Waals surface area contributed by atoms with E-state index in [-0.39, 0.29) is 12.0 Å². The lowest BCUT2D eigenvalue weighted by Crippen LogP contribution is -2.36. The number of methoxy groups -OCH3 is 1. The van der Waals surface area contributed by atoms with Crippen LogP contribution in [0, 0.1) is 13.8 Å². The van der Waals surface area contributed by atoms with E-state index in [1.807, 2.05) is 32.0 Å². The smallest absolute Gasteiger partial charge is 0.475 e. The number of hydrogen-bond donors (Lipinski definition) is 3. The Morgan fingerprint density at radius 3 is 2.33 bits per heavy atom. The minimum Gasteiger partial charge on any atom is -0.475 e. The summed E-state index contributed by atoms with van der Waals surface area (Å²) >= 11 is 0. The predicted octanol–water partition coefficient (Wildman–Crippen LogP) is 1.82. The van der Waals surface area contributed by atoms with Gasteiger partial charge in [0.1, 0.15) is 6.04 Å². The number of fused-ring (bicyclic) bond motifs is 1. The maximum atomic E-state index is 12.1. The van der Waals surface area contributed by atoms with Gasteiger partial charge in [0.05, 0.1) is 7.11 Å². The second-order valence-electron chi connectivity index (χ2n) is 5.74. The third kappa shape index (κ3) is 5.81. The van der Waals surface area contributed by atoms with Gasteiger partial charge in [-0.3, -0.25) is 9.59 Å². The number of ether oxygens (including phenoxy) is 1. The Bertz CT molecular complexity index is 906. The summed E-state index contributed by atoms with van der Waals surface area (Å²) in [6, 6.07) is 5.00. The third-order valence-corrected chi connectivity index (χ3v) is 3.72. The van der Waals surface area contributed by atoms with Gasteiger partial charge in [-0.25, -0.2) is 4.79 Å². The van der Waals surface area contributed by atoms with Crippen LogP contribution in [-0.4, -0.2) is 41.4 Å². The number of rotatable bonds is 3. The molecule has 0 saturated carbocycles. The number of carbonyl (C=O) groups is 2. The van der Waals surface area contributed by atoms with Crippen LogP contribution in [0.25, 0.3) is 10.9 Å². The number of halogens is 3. The summed E-state index contributed by atoms with van der Waals surface area (Å²) in [5.74, 6) is -3.28. The quantitative estimate of drug-likeness (QED) is 0.690. The van der Waals surface area contributed by atoms with Crippen LogP contribution in [0.15, 0.2) is 23.0 Å². The molecule has 2 aromatic rings. The van der Waals surface area contributed by atoms with Crippen molar-refractivity contribution in [2.24, 2.45) is 5.73 Å². The maximum absolute atomic E-state index is 12.1. The van der Waals surface area contributed by atoms with E-state index in [0.717, 1.165) is 22.0 Å². The molecule has 0 aliphatic carbocycles. The van der Waals surface area contributed by atoms with Crippen LogP contribution in [0.4, 0.5) is 13.2 Å². The van der Waals surface area contributed by atoms with Gasteiger partial charge < -0.3 is 20.6 Å². The number of aromatic nitrogens is 1. The number of hydrogen-bond acceptors (Lipinski definition) is 5. The number of H-pyrrole nitrogens is 1. The van der Waals surface area contributed by atoms with E-state index in [0.29, 0.717) is 5.56 Å². The summed E-state index contributed by atoms with van der Waals surface area (Å²) < 4.78 is 36.3. The fourth-order valence-corrected chi connectivity index (χ4v) is 2.31. The number of benzene rings is 1. The Balaban J connectivity index is 0.000000445.